The molecule has 5 rings (SSSR count). The van der Waals surface area contributed by atoms with Crippen LogP contribution in [-0.4, -0.2) is 59.5 Å². The van der Waals surface area contributed by atoms with Gasteiger partial charge in [-0.2, -0.15) is 0 Å². The van der Waals surface area contributed by atoms with Crippen molar-refractivity contribution < 1.29 is 43.2 Å². The average Bonchev–Trinajstić information content (AvgIpc) is 2.99. The number of primary amides is 1. The van der Waals surface area contributed by atoms with Crippen LogP contribution in [0, 0.1) is 13.8 Å². The number of nitrogens with one attached hydrogen (secondary N) is 1. The number of aliphatic hydroxyl groups excluding tert-OH is 1. The number of benzene rings is 3. The molecule has 236 valence electrons. The first-order chi connectivity index (χ1) is 21.3. The molecule has 3 aromatic carbocycles. The fourth-order valence-electron chi connectivity index (χ4n) is 5.58. The van der Waals surface area contributed by atoms with E-state index in [-0.39, 0.29) is 22.3 Å². The number of rotatable bonds is 7. The zero-order valence-electron chi connectivity index (χ0n) is 25.3. The molecule has 2 amide bonds. The molecule has 0 aliphatic carbocycles. The third kappa shape index (κ3) is 6.07. The number of nitrogens with two attached hydrogens (primary N) is 1. The highest BCUT2D eigenvalue weighted by Crippen LogP contribution is 2.38. The van der Waals surface area contributed by atoms with Crippen molar-refractivity contribution in [2.45, 2.75) is 57.9 Å². The lowest BCUT2D eigenvalue weighted by Crippen LogP contribution is -2.65. The van der Waals surface area contributed by atoms with Gasteiger partial charge in [0.1, 0.15) is 17.4 Å². The van der Waals surface area contributed by atoms with Crippen molar-refractivity contribution >= 4 is 28.7 Å². The van der Waals surface area contributed by atoms with Gasteiger partial charge < -0.3 is 44.6 Å². The maximum absolute atomic E-state index is 13.2. The molecule has 4 aromatic rings. The number of carbonyl (C=O) groups excluding carboxylic acids is 2. The molecule has 0 radical (unpaired) electrons. The van der Waals surface area contributed by atoms with Crippen LogP contribution in [0.25, 0.3) is 22.1 Å². The molecule has 1 aromatic heterocycles. The Morgan fingerprint density at radius 3 is 2.47 bits per heavy atom. The van der Waals surface area contributed by atoms with Crippen LogP contribution in [0.4, 0.5) is 10.5 Å². The summed E-state index contributed by atoms with van der Waals surface area (Å²) in [4.78, 5) is 37.8. The van der Waals surface area contributed by atoms with Crippen molar-refractivity contribution in [1.29, 1.82) is 0 Å². The van der Waals surface area contributed by atoms with E-state index in [9.17, 15) is 24.6 Å². The fourth-order valence-corrected chi connectivity index (χ4v) is 5.58. The zero-order chi connectivity index (χ0) is 32.6. The monoisotopic (exact) mass is 618 g/mol. The first-order valence-electron chi connectivity index (χ1n) is 14.1. The summed E-state index contributed by atoms with van der Waals surface area (Å²) in [5.41, 5.74) is 6.08. The highest BCUT2D eigenvalue weighted by Gasteiger charge is 2.53. The van der Waals surface area contributed by atoms with Crippen LogP contribution in [0.1, 0.15) is 35.3 Å². The van der Waals surface area contributed by atoms with E-state index in [0.717, 1.165) is 16.7 Å². The molecule has 1 fully saturated rings. The van der Waals surface area contributed by atoms with Gasteiger partial charge in [0.25, 0.3) is 5.91 Å². The molecule has 0 saturated carbocycles. The standard InChI is InChI=1S/C33H34N2O10/c1-16-9-6-7-12-20(16)18-10-8-11-19(15-18)29(38)35-23-24(36)21-13-14-22(17(2)26(21)43-30(23)39)42-31-25(37)27(44-32(34)40)28(41-5)33(3,4)45-31/h6-15,25,27-28,31,36-37H,1-5H3,(H2,34,40)(H,35,38)/t25-,27+,28-,31-/m1/s1. The van der Waals surface area contributed by atoms with Gasteiger partial charge in [-0.25, -0.2) is 9.59 Å². The van der Waals surface area contributed by atoms with Crippen molar-refractivity contribution in [3.05, 3.63) is 87.8 Å². The molecule has 12 heteroatoms. The summed E-state index contributed by atoms with van der Waals surface area (Å²) in [5.74, 6) is -0.965. The van der Waals surface area contributed by atoms with Crippen LogP contribution in [0.5, 0.6) is 11.5 Å². The smallest absolute Gasteiger partial charge is 0.404 e. The Bertz CT molecular complexity index is 1830. The topological polar surface area (TPSA) is 180 Å². The highest BCUT2D eigenvalue weighted by molar-refractivity contribution is 6.07. The minimum absolute atomic E-state index is 0.0150. The summed E-state index contributed by atoms with van der Waals surface area (Å²) in [7, 11) is 1.38. The van der Waals surface area contributed by atoms with Crippen LogP contribution in [0.3, 0.4) is 0 Å². The van der Waals surface area contributed by atoms with E-state index in [1.807, 2.05) is 37.3 Å². The fraction of sp³-hybridized carbons (Fsp3) is 0.303. The highest BCUT2D eigenvalue weighted by atomic mass is 16.7. The number of anilines is 1. The van der Waals surface area contributed by atoms with Crippen molar-refractivity contribution in [3.8, 4) is 22.6 Å². The molecule has 1 aliphatic rings. The van der Waals surface area contributed by atoms with Gasteiger partial charge in [0, 0.05) is 18.2 Å². The molecule has 1 aliphatic heterocycles. The number of carbonyl (C=O) groups is 2. The Hall–Kier alpha value is -4.91. The van der Waals surface area contributed by atoms with Crippen molar-refractivity contribution in [3.63, 3.8) is 0 Å². The lowest BCUT2D eigenvalue weighted by atomic mass is 9.89. The van der Waals surface area contributed by atoms with Gasteiger partial charge in [-0.05, 0) is 68.7 Å². The largest absolute Gasteiger partial charge is 0.505 e. The van der Waals surface area contributed by atoms with E-state index >= 15 is 0 Å². The number of hydrogen-bond donors (Lipinski definition) is 4. The summed E-state index contributed by atoms with van der Waals surface area (Å²) >= 11 is 0. The van der Waals surface area contributed by atoms with Crippen LogP contribution in [0.15, 0.2) is 69.9 Å². The zero-order valence-corrected chi connectivity index (χ0v) is 25.3. The molecule has 1 saturated heterocycles. The average molecular weight is 619 g/mol. The Balaban J connectivity index is 1.42. The van der Waals surface area contributed by atoms with E-state index in [1.54, 1.807) is 39.0 Å². The molecule has 12 nitrogen and oxygen atoms in total. The Labute approximate surface area is 258 Å². The van der Waals surface area contributed by atoms with Crippen molar-refractivity contribution in [2.24, 2.45) is 5.73 Å². The Morgan fingerprint density at radius 2 is 1.78 bits per heavy atom. The maximum atomic E-state index is 13.2. The van der Waals surface area contributed by atoms with Gasteiger partial charge >= 0.3 is 11.7 Å². The van der Waals surface area contributed by atoms with E-state index < -0.39 is 59.3 Å². The predicted molar refractivity (Wildman–Crippen MR) is 164 cm³/mol. The summed E-state index contributed by atoms with van der Waals surface area (Å²) in [6, 6.07) is 17.6. The number of methoxy groups -OCH3 is 1. The second-order valence-electron chi connectivity index (χ2n) is 11.3. The van der Waals surface area contributed by atoms with Gasteiger partial charge in [0.05, 0.1) is 11.0 Å². The van der Waals surface area contributed by atoms with E-state index in [4.69, 9.17) is 29.1 Å². The van der Waals surface area contributed by atoms with Crippen molar-refractivity contribution in [1.82, 2.24) is 0 Å². The quantitative estimate of drug-likeness (QED) is 0.217. The third-order valence-electron chi connectivity index (χ3n) is 7.83. The van der Waals surface area contributed by atoms with E-state index in [1.165, 1.54) is 19.2 Å². The summed E-state index contributed by atoms with van der Waals surface area (Å²) in [5, 5.41) is 24.6. The summed E-state index contributed by atoms with van der Waals surface area (Å²) in [6.45, 7) is 6.88. The number of aromatic hydroxyl groups is 1. The molecular weight excluding hydrogens is 584 g/mol. The molecule has 0 bridgehead atoms. The van der Waals surface area contributed by atoms with Gasteiger partial charge in [0.15, 0.2) is 23.6 Å². The van der Waals surface area contributed by atoms with E-state index in [2.05, 4.69) is 5.32 Å². The minimum Gasteiger partial charge on any atom is -0.505 e. The SMILES string of the molecule is CO[C@@H]1[C@@H](OC(N)=O)[C@@H](O)[C@H](Oc2ccc3c(O)c(NC(=O)c4cccc(-c5ccccc5C)c4)c(=O)oc3c2C)OC1(C)C. The first kappa shape index (κ1) is 31.5. The lowest BCUT2D eigenvalue weighted by molar-refractivity contribution is -0.304. The minimum atomic E-state index is -1.51. The molecule has 0 unspecified atom stereocenters. The molecule has 4 atom stereocenters. The second-order valence-corrected chi connectivity index (χ2v) is 11.3. The number of hydrogen-bond acceptors (Lipinski definition) is 10. The first-order valence-corrected chi connectivity index (χ1v) is 14.1. The number of fused-ring (bicyclic) bond motifs is 1. The number of ether oxygens (including phenoxy) is 4. The van der Waals surface area contributed by atoms with E-state index in [0.29, 0.717) is 5.56 Å². The number of aliphatic hydroxyl groups is 1. The molecule has 2 heterocycles. The molecule has 0 spiro atoms. The molecule has 5 N–H and O–H groups in total. The van der Waals surface area contributed by atoms with Crippen LogP contribution < -0.4 is 21.4 Å². The third-order valence-corrected chi connectivity index (χ3v) is 7.83. The van der Waals surface area contributed by atoms with Crippen LogP contribution >= 0.6 is 0 Å². The van der Waals surface area contributed by atoms with Crippen LogP contribution in [-0.2, 0) is 14.2 Å². The lowest BCUT2D eigenvalue weighted by Gasteiger charge is -2.47. The Kier molecular flexibility index (Phi) is 8.57. The van der Waals surface area contributed by atoms with Crippen molar-refractivity contribution in [2.75, 3.05) is 12.4 Å². The van der Waals surface area contributed by atoms with Gasteiger partial charge in [-0.3, -0.25) is 4.79 Å². The number of amides is 2. The predicted octanol–water partition coefficient (Wildman–Crippen LogP) is 4.39. The number of aryl methyl sites for hydroxylation is 2. The maximum Gasteiger partial charge on any atom is 0.404 e. The van der Waals surface area contributed by atoms with Gasteiger partial charge in [-0.1, -0.05) is 36.4 Å². The molecular formula is C33H34N2O10. The summed E-state index contributed by atoms with van der Waals surface area (Å²) in [6.07, 6.45) is -6.05. The van der Waals surface area contributed by atoms with Gasteiger partial charge in [0.2, 0.25) is 6.29 Å². The summed E-state index contributed by atoms with van der Waals surface area (Å²) < 4.78 is 28.0. The Morgan fingerprint density at radius 1 is 1.04 bits per heavy atom. The molecule has 45 heavy (non-hydrogen) atoms. The van der Waals surface area contributed by atoms with Gasteiger partial charge in [-0.15, -0.1) is 0 Å². The normalized spacial score (nSPS) is 20.8. The van der Waals surface area contributed by atoms with Crippen LogP contribution in [0.2, 0.25) is 0 Å². The second kappa shape index (κ2) is 12.2.